The van der Waals surface area contributed by atoms with Crippen LogP contribution < -0.4 is 11.4 Å². The van der Waals surface area contributed by atoms with Crippen LogP contribution in [0.25, 0.3) is 0 Å². The van der Waals surface area contributed by atoms with Crippen LogP contribution in [0, 0.1) is 0 Å². The molecular formula is C32H33N3O6. The number of rotatable bonds is 8. The standard InChI is InChI=1S/C32H33N3O6/c1-31(2)40-26-25(39-29(27(26)41-31)35-18-21(19-36)28(33)34-30(35)37)20-38-32(22-12-6-3-7-13-22,23-14-8-4-9-15-23)24-16-10-5-11-17-24/h3-18,25-27,29,36H,19-20H2,1-2H3,(H2,33,34,37)/t25-,26-,27-,29-/m1/s1. The van der Waals surface area contributed by atoms with Crippen molar-refractivity contribution >= 4 is 5.82 Å². The average molecular weight is 556 g/mol. The number of nitrogens with zero attached hydrogens (tertiary/aromatic N) is 2. The van der Waals surface area contributed by atoms with Crippen LogP contribution in [0.5, 0.6) is 0 Å². The topological polar surface area (TPSA) is 118 Å². The van der Waals surface area contributed by atoms with Crippen LogP contribution >= 0.6 is 0 Å². The van der Waals surface area contributed by atoms with E-state index in [1.807, 2.05) is 68.4 Å². The van der Waals surface area contributed by atoms with Gasteiger partial charge in [0.15, 0.2) is 12.0 Å². The molecule has 6 rings (SSSR count). The van der Waals surface area contributed by atoms with Crippen molar-refractivity contribution in [3.05, 3.63) is 130 Å². The fourth-order valence-electron chi connectivity index (χ4n) is 5.82. The molecule has 2 aliphatic heterocycles. The molecule has 2 saturated heterocycles. The zero-order valence-corrected chi connectivity index (χ0v) is 22.9. The largest absolute Gasteiger partial charge is 0.391 e. The van der Waals surface area contributed by atoms with Crippen molar-refractivity contribution in [2.75, 3.05) is 12.3 Å². The molecule has 0 aliphatic carbocycles. The van der Waals surface area contributed by atoms with Gasteiger partial charge < -0.3 is 29.8 Å². The Balaban J connectivity index is 1.40. The summed E-state index contributed by atoms with van der Waals surface area (Å²) in [7, 11) is 0. The van der Waals surface area contributed by atoms with Crippen LogP contribution in [0.1, 0.15) is 42.3 Å². The number of hydrogen-bond donors (Lipinski definition) is 2. The first kappa shape index (κ1) is 27.3. The maximum Gasteiger partial charge on any atom is 0.351 e. The summed E-state index contributed by atoms with van der Waals surface area (Å²) in [6.45, 7) is 3.40. The maximum absolute atomic E-state index is 12.9. The monoisotopic (exact) mass is 555 g/mol. The number of anilines is 1. The van der Waals surface area contributed by atoms with E-state index in [1.54, 1.807) is 0 Å². The van der Waals surface area contributed by atoms with Crippen molar-refractivity contribution in [3.63, 3.8) is 0 Å². The summed E-state index contributed by atoms with van der Waals surface area (Å²) in [5.41, 5.74) is 7.46. The van der Waals surface area contributed by atoms with Gasteiger partial charge in [0, 0.05) is 11.8 Å². The molecule has 4 aromatic rings. The molecule has 2 fully saturated rings. The molecule has 9 nitrogen and oxygen atoms in total. The molecule has 3 aromatic carbocycles. The van der Waals surface area contributed by atoms with Crippen LogP contribution in [0.3, 0.4) is 0 Å². The number of aromatic nitrogens is 2. The predicted molar refractivity (Wildman–Crippen MR) is 152 cm³/mol. The Morgan fingerprint density at radius 1 is 0.902 bits per heavy atom. The van der Waals surface area contributed by atoms with Crippen molar-refractivity contribution < 1.29 is 24.1 Å². The Labute approximate surface area is 238 Å². The van der Waals surface area contributed by atoms with Gasteiger partial charge in [-0.15, -0.1) is 0 Å². The van der Waals surface area contributed by atoms with Crippen molar-refractivity contribution in [1.29, 1.82) is 0 Å². The highest BCUT2D eigenvalue weighted by molar-refractivity contribution is 5.47. The quantitative estimate of drug-likeness (QED) is 0.316. The Morgan fingerprint density at radius 2 is 1.41 bits per heavy atom. The summed E-state index contributed by atoms with van der Waals surface area (Å²) in [6, 6.07) is 30.2. The fourth-order valence-corrected chi connectivity index (χ4v) is 5.82. The van der Waals surface area contributed by atoms with E-state index in [1.165, 1.54) is 10.8 Å². The third kappa shape index (κ3) is 4.96. The normalized spacial score (nSPS) is 23.4. The average Bonchev–Trinajstić information content (AvgIpc) is 3.48. The summed E-state index contributed by atoms with van der Waals surface area (Å²) in [5.74, 6) is -0.930. The van der Waals surface area contributed by atoms with Crippen LogP contribution in [0.15, 0.2) is 102 Å². The van der Waals surface area contributed by atoms with Gasteiger partial charge in [0.1, 0.15) is 29.7 Å². The predicted octanol–water partition coefficient (Wildman–Crippen LogP) is 3.74. The van der Waals surface area contributed by atoms with Gasteiger partial charge in [-0.05, 0) is 30.5 Å². The zero-order chi connectivity index (χ0) is 28.6. The minimum Gasteiger partial charge on any atom is -0.391 e. The lowest BCUT2D eigenvalue weighted by Gasteiger charge is -2.37. The lowest BCUT2D eigenvalue weighted by atomic mass is 9.80. The maximum atomic E-state index is 12.9. The third-order valence-electron chi connectivity index (χ3n) is 7.64. The molecule has 9 heteroatoms. The summed E-state index contributed by atoms with van der Waals surface area (Å²) >= 11 is 0. The van der Waals surface area contributed by atoms with Gasteiger partial charge in [-0.3, -0.25) is 4.57 Å². The van der Waals surface area contributed by atoms with E-state index in [4.69, 9.17) is 24.7 Å². The second-order valence-corrected chi connectivity index (χ2v) is 10.7. The second-order valence-electron chi connectivity index (χ2n) is 10.7. The number of fused-ring (bicyclic) bond motifs is 1. The van der Waals surface area contributed by atoms with E-state index in [-0.39, 0.29) is 19.0 Å². The molecule has 0 saturated carbocycles. The Kier molecular flexibility index (Phi) is 7.23. The minimum absolute atomic E-state index is 0.0227. The van der Waals surface area contributed by atoms with Crippen molar-refractivity contribution in [3.8, 4) is 0 Å². The van der Waals surface area contributed by atoms with E-state index < -0.39 is 41.6 Å². The fraction of sp³-hybridized carbons (Fsp3) is 0.312. The number of hydrogen-bond acceptors (Lipinski definition) is 8. The summed E-state index contributed by atoms with van der Waals surface area (Å²) < 4.78 is 27.3. The molecule has 3 heterocycles. The smallest absolute Gasteiger partial charge is 0.351 e. The first-order valence-corrected chi connectivity index (χ1v) is 13.6. The molecule has 2 aliphatic rings. The van der Waals surface area contributed by atoms with Crippen molar-refractivity contribution in [2.24, 2.45) is 0 Å². The van der Waals surface area contributed by atoms with Crippen LogP contribution in [0.4, 0.5) is 5.82 Å². The van der Waals surface area contributed by atoms with E-state index in [0.717, 1.165) is 16.7 Å². The van der Waals surface area contributed by atoms with Crippen molar-refractivity contribution in [2.45, 2.75) is 56.4 Å². The first-order chi connectivity index (χ1) is 19.8. The molecule has 3 N–H and O–H groups in total. The second kappa shape index (κ2) is 10.8. The summed E-state index contributed by atoms with van der Waals surface area (Å²) in [5, 5.41) is 9.75. The van der Waals surface area contributed by atoms with Gasteiger partial charge in [-0.2, -0.15) is 4.98 Å². The highest BCUT2D eigenvalue weighted by atomic mass is 16.8. The number of aliphatic hydroxyl groups excluding tert-OH is 1. The molecule has 0 spiro atoms. The lowest BCUT2D eigenvalue weighted by Crippen LogP contribution is -2.39. The molecule has 1 aromatic heterocycles. The van der Waals surface area contributed by atoms with Gasteiger partial charge in [-0.1, -0.05) is 91.0 Å². The van der Waals surface area contributed by atoms with E-state index in [0.29, 0.717) is 5.56 Å². The van der Waals surface area contributed by atoms with Crippen molar-refractivity contribution in [1.82, 2.24) is 9.55 Å². The number of ether oxygens (including phenoxy) is 4. The van der Waals surface area contributed by atoms with E-state index in [2.05, 4.69) is 41.4 Å². The van der Waals surface area contributed by atoms with Gasteiger partial charge in [0.05, 0.1) is 13.2 Å². The van der Waals surface area contributed by atoms with E-state index >= 15 is 0 Å². The highest BCUT2D eigenvalue weighted by Crippen LogP contribution is 2.45. The molecule has 41 heavy (non-hydrogen) atoms. The number of benzene rings is 3. The highest BCUT2D eigenvalue weighted by Gasteiger charge is 2.57. The Morgan fingerprint density at radius 3 is 1.93 bits per heavy atom. The SMILES string of the molecule is CC1(C)O[C@@H]2[C@H](O1)[C@@H](COC(c1ccccc1)(c1ccccc1)c1ccccc1)O[C@H]2n1cc(CO)c(N)nc1=O. The Bertz CT molecular complexity index is 1450. The van der Waals surface area contributed by atoms with Gasteiger partial charge >= 0.3 is 5.69 Å². The molecule has 0 unspecified atom stereocenters. The minimum atomic E-state index is -0.959. The first-order valence-electron chi connectivity index (χ1n) is 13.6. The third-order valence-corrected chi connectivity index (χ3v) is 7.64. The zero-order valence-electron chi connectivity index (χ0n) is 22.9. The molecule has 0 amide bonds. The lowest BCUT2D eigenvalue weighted by molar-refractivity contribution is -0.205. The number of nitrogens with two attached hydrogens (primary N) is 1. The number of nitrogen functional groups attached to an aromatic ring is 1. The molecular weight excluding hydrogens is 522 g/mol. The van der Waals surface area contributed by atoms with Gasteiger partial charge in [0.25, 0.3) is 0 Å². The van der Waals surface area contributed by atoms with Gasteiger partial charge in [-0.25, -0.2) is 4.79 Å². The van der Waals surface area contributed by atoms with Gasteiger partial charge in [0.2, 0.25) is 0 Å². The molecule has 0 bridgehead atoms. The molecule has 212 valence electrons. The van der Waals surface area contributed by atoms with E-state index in [9.17, 15) is 9.90 Å². The summed E-state index contributed by atoms with van der Waals surface area (Å²) in [6.07, 6.45) is -1.14. The number of aliphatic hydroxyl groups is 1. The van der Waals surface area contributed by atoms with Crippen LogP contribution in [0.2, 0.25) is 0 Å². The van der Waals surface area contributed by atoms with Crippen LogP contribution in [-0.2, 0) is 31.2 Å². The summed E-state index contributed by atoms with van der Waals surface area (Å²) in [4.78, 5) is 16.8. The molecule has 0 radical (unpaired) electrons. The van der Waals surface area contributed by atoms with Crippen LogP contribution in [-0.4, -0.2) is 45.4 Å². The Hall–Kier alpha value is -3.86. The molecule has 4 atom stereocenters.